The fraction of sp³-hybridized carbons (Fsp3) is 0.308. The summed E-state index contributed by atoms with van der Waals surface area (Å²) in [5.41, 5.74) is 1.33. The third-order valence-corrected chi connectivity index (χ3v) is 3.74. The number of nitrogens with zero attached hydrogens (tertiary/aromatic N) is 1. The third-order valence-electron chi connectivity index (χ3n) is 2.73. The molecule has 0 aliphatic rings. The summed E-state index contributed by atoms with van der Waals surface area (Å²) in [6.07, 6.45) is 4.70. The Morgan fingerprint density at radius 2 is 2.24 bits per heavy atom. The summed E-state index contributed by atoms with van der Waals surface area (Å²) in [5, 5.41) is 4.28. The summed E-state index contributed by atoms with van der Waals surface area (Å²) >= 11 is 1.67. The number of H-pyrrole nitrogens is 1. The predicted octanol–water partition coefficient (Wildman–Crippen LogP) is 3.23. The van der Waals surface area contributed by atoms with Crippen molar-refractivity contribution in [1.82, 2.24) is 15.3 Å². The van der Waals surface area contributed by atoms with E-state index in [-0.39, 0.29) is 0 Å². The van der Waals surface area contributed by atoms with Crippen molar-refractivity contribution in [1.29, 1.82) is 0 Å². The average molecular weight is 247 g/mol. The van der Waals surface area contributed by atoms with E-state index in [1.165, 1.54) is 10.5 Å². The molecule has 17 heavy (non-hydrogen) atoms. The maximum absolute atomic E-state index is 4.25. The predicted molar refractivity (Wildman–Crippen MR) is 71.2 cm³/mol. The van der Waals surface area contributed by atoms with E-state index >= 15 is 0 Å². The van der Waals surface area contributed by atoms with Crippen LogP contribution in [0.4, 0.5) is 0 Å². The molecule has 0 amide bonds. The van der Waals surface area contributed by atoms with Crippen molar-refractivity contribution in [2.45, 2.75) is 29.4 Å². The molecule has 0 saturated heterocycles. The maximum atomic E-state index is 4.25. The molecule has 0 bridgehead atoms. The van der Waals surface area contributed by atoms with E-state index < -0.39 is 0 Å². The highest BCUT2D eigenvalue weighted by Gasteiger charge is 2.12. The van der Waals surface area contributed by atoms with Crippen LogP contribution in [0.3, 0.4) is 0 Å². The van der Waals surface area contributed by atoms with Gasteiger partial charge in [-0.3, -0.25) is 0 Å². The molecule has 0 saturated carbocycles. The fourth-order valence-electron chi connectivity index (χ4n) is 1.85. The Bertz CT molecular complexity index is 449. The van der Waals surface area contributed by atoms with Crippen LogP contribution >= 0.6 is 11.8 Å². The van der Waals surface area contributed by atoms with Crippen molar-refractivity contribution < 1.29 is 0 Å². The molecule has 0 spiro atoms. The summed E-state index contributed by atoms with van der Waals surface area (Å²) in [7, 11) is 2.00. The van der Waals surface area contributed by atoms with Crippen LogP contribution < -0.4 is 5.32 Å². The van der Waals surface area contributed by atoms with Gasteiger partial charge in [0.15, 0.2) is 5.16 Å². The summed E-state index contributed by atoms with van der Waals surface area (Å²) in [6, 6.07) is 8.87. The third kappa shape index (κ3) is 2.90. The second-order valence-corrected chi connectivity index (χ2v) is 4.81. The average Bonchev–Trinajstić information content (AvgIpc) is 2.86. The molecular weight excluding hydrogens is 230 g/mol. The van der Waals surface area contributed by atoms with Crippen LogP contribution in [-0.2, 0) is 0 Å². The molecule has 1 heterocycles. The van der Waals surface area contributed by atoms with Crippen LogP contribution in [0.2, 0.25) is 0 Å². The highest BCUT2D eigenvalue weighted by atomic mass is 32.2. The number of rotatable bonds is 5. The van der Waals surface area contributed by atoms with Gasteiger partial charge in [0.1, 0.15) is 0 Å². The minimum atomic E-state index is 0.397. The van der Waals surface area contributed by atoms with Crippen molar-refractivity contribution in [3.63, 3.8) is 0 Å². The number of imidazole rings is 1. The van der Waals surface area contributed by atoms with Gasteiger partial charge in [-0.2, -0.15) is 0 Å². The lowest BCUT2D eigenvalue weighted by Gasteiger charge is -2.17. The standard InChI is InChI=1S/C13H17N3S/c1-3-11(14-2)10-6-4-5-7-12(10)17-13-15-8-9-16-13/h4-9,11,14H,3H2,1-2H3,(H,15,16). The Morgan fingerprint density at radius 1 is 1.41 bits per heavy atom. The van der Waals surface area contributed by atoms with Crippen molar-refractivity contribution in [3.8, 4) is 0 Å². The lowest BCUT2D eigenvalue weighted by Crippen LogP contribution is -2.15. The summed E-state index contributed by atoms with van der Waals surface area (Å²) in [4.78, 5) is 8.62. The first-order chi connectivity index (χ1) is 8.35. The first-order valence-corrected chi connectivity index (χ1v) is 6.60. The smallest absolute Gasteiger partial charge is 0.170 e. The van der Waals surface area contributed by atoms with E-state index in [4.69, 9.17) is 0 Å². The minimum Gasteiger partial charge on any atom is -0.339 e. The molecule has 4 heteroatoms. The van der Waals surface area contributed by atoms with Gasteiger partial charge in [0.05, 0.1) is 0 Å². The van der Waals surface area contributed by atoms with Crippen LogP contribution in [0.1, 0.15) is 24.9 Å². The van der Waals surface area contributed by atoms with E-state index in [0.717, 1.165) is 11.6 Å². The number of benzene rings is 1. The SMILES string of the molecule is CCC(NC)c1ccccc1Sc1ncc[nH]1. The van der Waals surface area contributed by atoms with Crippen LogP contribution in [0.5, 0.6) is 0 Å². The topological polar surface area (TPSA) is 40.7 Å². The summed E-state index contributed by atoms with van der Waals surface area (Å²) in [5.74, 6) is 0. The van der Waals surface area contributed by atoms with Crippen molar-refractivity contribution in [3.05, 3.63) is 42.2 Å². The van der Waals surface area contributed by atoms with Gasteiger partial charge in [-0.1, -0.05) is 36.9 Å². The second kappa shape index (κ2) is 5.89. The largest absolute Gasteiger partial charge is 0.339 e. The van der Waals surface area contributed by atoms with Crippen LogP contribution in [0, 0.1) is 0 Å². The fourth-order valence-corrected chi connectivity index (χ4v) is 2.78. The van der Waals surface area contributed by atoms with E-state index in [0.29, 0.717) is 6.04 Å². The van der Waals surface area contributed by atoms with Gasteiger partial charge in [-0.25, -0.2) is 4.98 Å². The molecule has 1 atom stereocenters. The number of aromatic amines is 1. The quantitative estimate of drug-likeness (QED) is 0.852. The van der Waals surface area contributed by atoms with Crippen LogP contribution in [-0.4, -0.2) is 17.0 Å². The second-order valence-electron chi connectivity index (χ2n) is 3.78. The highest BCUT2D eigenvalue weighted by Crippen LogP contribution is 2.32. The molecule has 3 nitrogen and oxygen atoms in total. The molecule has 90 valence electrons. The zero-order valence-electron chi connectivity index (χ0n) is 10.1. The van der Waals surface area contributed by atoms with Crippen molar-refractivity contribution in [2.24, 2.45) is 0 Å². The molecule has 2 aromatic rings. The normalized spacial score (nSPS) is 12.6. The minimum absolute atomic E-state index is 0.397. The van der Waals surface area contributed by atoms with Crippen LogP contribution in [0.15, 0.2) is 46.7 Å². The maximum Gasteiger partial charge on any atom is 0.170 e. The number of aromatic nitrogens is 2. The molecule has 2 N–H and O–H groups in total. The van der Waals surface area contributed by atoms with E-state index in [9.17, 15) is 0 Å². The molecule has 0 aliphatic heterocycles. The number of nitrogens with one attached hydrogen (secondary N) is 2. The number of hydrogen-bond donors (Lipinski definition) is 2. The summed E-state index contributed by atoms with van der Waals surface area (Å²) in [6.45, 7) is 2.19. The van der Waals surface area contributed by atoms with Crippen LogP contribution in [0.25, 0.3) is 0 Å². The lowest BCUT2D eigenvalue weighted by atomic mass is 10.1. The Kier molecular flexibility index (Phi) is 4.23. The van der Waals surface area contributed by atoms with Gasteiger partial charge in [0.25, 0.3) is 0 Å². The molecule has 1 unspecified atom stereocenters. The Balaban J connectivity index is 2.27. The number of hydrogen-bond acceptors (Lipinski definition) is 3. The monoisotopic (exact) mass is 247 g/mol. The van der Waals surface area contributed by atoms with Gasteiger partial charge < -0.3 is 10.3 Å². The van der Waals surface area contributed by atoms with Gasteiger partial charge in [0, 0.05) is 23.3 Å². The van der Waals surface area contributed by atoms with Gasteiger partial charge in [-0.15, -0.1) is 0 Å². The molecular formula is C13H17N3S. The van der Waals surface area contributed by atoms with Gasteiger partial charge >= 0.3 is 0 Å². The Hall–Kier alpha value is -1.26. The molecule has 0 fully saturated rings. The molecule has 0 aliphatic carbocycles. The van der Waals surface area contributed by atoms with E-state index in [2.05, 4.69) is 46.5 Å². The first kappa shape index (κ1) is 12.2. The highest BCUT2D eigenvalue weighted by molar-refractivity contribution is 7.99. The van der Waals surface area contributed by atoms with Crippen molar-refractivity contribution >= 4 is 11.8 Å². The van der Waals surface area contributed by atoms with Gasteiger partial charge in [0.2, 0.25) is 0 Å². The van der Waals surface area contributed by atoms with E-state index in [1.807, 2.05) is 13.2 Å². The zero-order valence-corrected chi connectivity index (χ0v) is 10.9. The molecule has 1 aromatic carbocycles. The molecule has 1 aromatic heterocycles. The summed E-state index contributed by atoms with van der Waals surface area (Å²) < 4.78 is 0. The molecule has 2 rings (SSSR count). The lowest BCUT2D eigenvalue weighted by molar-refractivity contribution is 0.568. The van der Waals surface area contributed by atoms with Crippen molar-refractivity contribution in [2.75, 3.05) is 7.05 Å². The Morgan fingerprint density at radius 3 is 2.88 bits per heavy atom. The molecule has 0 radical (unpaired) electrons. The Labute approximate surface area is 106 Å². The first-order valence-electron chi connectivity index (χ1n) is 5.78. The van der Waals surface area contributed by atoms with Gasteiger partial charge in [-0.05, 0) is 25.1 Å². The van der Waals surface area contributed by atoms with E-state index in [1.54, 1.807) is 18.0 Å². The zero-order chi connectivity index (χ0) is 12.1.